The highest BCUT2D eigenvalue weighted by molar-refractivity contribution is 6.46. The van der Waals surface area contributed by atoms with Crippen LogP contribution in [0.15, 0.2) is 60.7 Å². The molecule has 0 aliphatic carbocycles. The molecule has 7 nitrogen and oxygen atoms in total. The van der Waals surface area contributed by atoms with E-state index >= 15 is 0 Å². The molecule has 1 saturated heterocycles. The lowest BCUT2D eigenvalue weighted by molar-refractivity contribution is -0.140. The number of aryl methyl sites for hydroxylation is 1. The first-order chi connectivity index (χ1) is 16.8. The minimum absolute atomic E-state index is 0.0823. The normalized spacial score (nSPS) is 17.2. The Labute approximate surface area is 207 Å². The highest BCUT2D eigenvalue weighted by Gasteiger charge is 2.46. The third kappa shape index (κ3) is 5.92. The smallest absolute Gasteiger partial charge is 0.295 e. The predicted molar refractivity (Wildman–Crippen MR) is 137 cm³/mol. The zero-order valence-electron chi connectivity index (χ0n) is 20.9. The number of likely N-dealkylation sites (N-methyl/N-ethyl adjacent to an activating group) is 1. The van der Waals surface area contributed by atoms with Crippen molar-refractivity contribution in [1.82, 2.24) is 9.80 Å². The van der Waals surface area contributed by atoms with E-state index in [0.29, 0.717) is 43.4 Å². The number of ketones is 1. The van der Waals surface area contributed by atoms with Crippen LogP contribution in [0.25, 0.3) is 5.76 Å². The van der Waals surface area contributed by atoms with Crippen molar-refractivity contribution in [2.24, 2.45) is 0 Å². The second-order valence-corrected chi connectivity index (χ2v) is 8.79. The molecule has 3 rings (SSSR count). The summed E-state index contributed by atoms with van der Waals surface area (Å²) >= 11 is 0. The first-order valence-electron chi connectivity index (χ1n) is 11.8. The van der Waals surface area contributed by atoms with Crippen LogP contribution >= 0.6 is 0 Å². The van der Waals surface area contributed by atoms with Crippen LogP contribution in [0.3, 0.4) is 0 Å². The molecule has 186 valence electrons. The SMILES string of the molecule is C=CCOc1ccc(C2/C(=C(/O)c3ccc(OCCC)cc3C)C(=O)C(=O)N2CCN(C)C)cc1. The summed E-state index contributed by atoms with van der Waals surface area (Å²) in [6, 6.07) is 11.8. The van der Waals surface area contributed by atoms with E-state index in [1.54, 1.807) is 30.3 Å². The van der Waals surface area contributed by atoms with E-state index in [2.05, 4.69) is 6.58 Å². The van der Waals surface area contributed by atoms with E-state index in [1.165, 1.54) is 4.90 Å². The zero-order chi connectivity index (χ0) is 25.5. The summed E-state index contributed by atoms with van der Waals surface area (Å²) in [4.78, 5) is 29.7. The molecule has 2 aromatic rings. The van der Waals surface area contributed by atoms with Crippen molar-refractivity contribution in [3.05, 3.63) is 77.4 Å². The molecule has 35 heavy (non-hydrogen) atoms. The van der Waals surface area contributed by atoms with Crippen LogP contribution in [0.5, 0.6) is 11.5 Å². The molecule has 1 heterocycles. The lowest BCUT2D eigenvalue weighted by Gasteiger charge is -2.26. The van der Waals surface area contributed by atoms with Crippen molar-refractivity contribution in [1.29, 1.82) is 0 Å². The van der Waals surface area contributed by atoms with E-state index in [-0.39, 0.29) is 11.3 Å². The summed E-state index contributed by atoms with van der Waals surface area (Å²) in [7, 11) is 3.81. The van der Waals surface area contributed by atoms with Gasteiger partial charge in [-0.1, -0.05) is 31.7 Å². The van der Waals surface area contributed by atoms with Crippen LogP contribution in [-0.4, -0.2) is 67.0 Å². The average molecular weight is 479 g/mol. The quantitative estimate of drug-likeness (QED) is 0.224. The number of amides is 1. The van der Waals surface area contributed by atoms with Gasteiger partial charge in [0.1, 0.15) is 23.9 Å². The van der Waals surface area contributed by atoms with Gasteiger partial charge in [-0.15, -0.1) is 0 Å². The average Bonchev–Trinajstić information content (AvgIpc) is 3.09. The maximum Gasteiger partial charge on any atom is 0.295 e. The maximum absolute atomic E-state index is 13.2. The Morgan fingerprint density at radius 3 is 2.40 bits per heavy atom. The highest BCUT2D eigenvalue weighted by Crippen LogP contribution is 2.40. The molecule has 1 aliphatic heterocycles. The van der Waals surface area contributed by atoms with Crippen molar-refractivity contribution < 1.29 is 24.2 Å². The van der Waals surface area contributed by atoms with Gasteiger partial charge in [0.2, 0.25) is 0 Å². The number of aliphatic hydroxyl groups excluding tert-OH is 1. The molecule has 1 aliphatic rings. The molecule has 7 heteroatoms. The number of ether oxygens (including phenoxy) is 2. The Morgan fingerprint density at radius 1 is 1.11 bits per heavy atom. The van der Waals surface area contributed by atoms with Crippen molar-refractivity contribution >= 4 is 17.4 Å². The fourth-order valence-corrected chi connectivity index (χ4v) is 4.02. The molecular weight excluding hydrogens is 444 g/mol. The molecule has 1 unspecified atom stereocenters. The van der Waals surface area contributed by atoms with E-state index in [0.717, 1.165) is 17.5 Å². The molecule has 0 aromatic heterocycles. The number of nitrogens with zero attached hydrogens (tertiary/aromatic N) is 2. The van der Waals surface area contributed by atoms with Crippen molar-refractivity contribution in [3.63, 3.8) is 0 Å². The van der Waals surface area contributed by atoms with Gasteiger partial charge in [0.25, 0.3) is 11.7 Å². The topological polar surface area (TPSA) is 79.3 Å². The second kappa shape index (κ2) is 11.7. The minimum Gasteiger partial charge on any atom is -0.507 e. The number of Topliss-reactive ketones (excluding diaryl/α,β-unsaturated/α-hetero) is 1. The van der Waals surface area contributed by atoms with Gasteiger partial charge >= 0.3 is 0 Å². The van der Waals surface area contributed by atoms with Gasteiger partial charge in [-0.2, -0.15) is 0 Å². The van der Waals surface area contributed by atoms with Crippen molar-refractivity contribution in [2.75, 3.05) is 40.4 Å². The molecular formula is C28H34N2O5. The molecule has 1 amide bonds. The third-order valence-electron chi connectivity index (χ3n) is 5.82. The van der Waals surface area contributed by atoms with Crippen LogP contribution in [0.2, 0.25) is 0 Å². The second-order valence-electron chi connectivity index (χ2n) is 8.79. The first-order valence-corrected chi connectivity index (χ1v) is 11.8. The summed E-state index contributed by atoms with van der Waals surface area (Å²) in [5.74, 6) is -0.154. The minimum atomic E-state index is -0.709. The lowest BCUT2D eigenvalue weighted by Crippen LogP contribution is -2.35. The van der Waals surface area contributed by atoms with Crippen molar-refractivity contribution in [3.8, 4) is 11.5 Å². The number of rotatable bonds is 11. The first kappa shape index (κ1) is 26.0. The standard InChI is InChI=1S/C28H34N2O5/c1-6-16-34-21-10-8-20(9-11-21)25-24(27(32)28(33)30(25)15-14-29(4)5)26(31)23-13-12-22(18-19(23)3)35-17-7-2/h6,8-13,18,25,31H,1,7,14-17H2,2-5H3/b26-24-. The zero-order valence-corrected chi connectivity index (χ0v) is 20.9. The lowest BCUT2D eigenvalue weighted by atomic mass is 9.94. The summed E-state index contributed by atoms with van der Waals surface area (Å²) in [5.41, 5.74) is 2.05. The van der Waals surface area contributed by atoms with Crippen LogP contribution in [0, 0.1) is 6.92 Å². The fourth-order valence-electron chi connectivity index (χ4n) is 4.02. The highest BCUT2D eigenvalue weighted by atomic mass is 16.5. The number of likely N-dealkylation sites (tertiary alicyclic amines) is 1. The van der Waals surface area contributed by atoms with Gasteiger partial charge in [-0.25, -0.2) is 0 Å². The molecule has 0 saturated carbocycles. The number of carbonyl (C=O) groups excluding carboxylic acids is 2. The predicted octanol–water partition coefficient (Wildman–Crippen LogP) is 4.33. The molecule has 0 radical (unpaired) electrons. The summed E-state index contributed by atoms with van der Waals surface area (Å²) in [6.45, 7) is 9.41. The van der Waals surface area contributed by atoms with Crippen LogP contribution in [0.4, 0.5) is 0 Å². The molecule has 1 atom stereocenters. The monoisotopic (exact) mass is 478 g/mol. The Balaban J connectivity index is 2.07. The number of aliphatic hydroxyl groups is 1. The van der Waals surface area contributed by atoms with E-state index in [9.17, 15) is 14.7 Å². The molecule has 0 bridgehead atoms. The summed E-state index contributed by atoms with van der Waals surface area (Å²) < 4.78 is 11.3. The third-order valence-corrected chi connectivity index (χ3v) is 5.82. The number of carbonyl (C=O) groups is 2. The van der Waals surface area contributed by atoms with Gasteiger partial charge in [-0.05, 0) is 68.9 Å². The van der Waals surface area contributed by atoms with E-state index in [1.807, 2.05) is 51.0 Å². The Bertz CT molecular complexity index is 1100. The molecule has 1 N–H and O–H groups in total. The van der Waals surface area contributed by atoms with Gasteiger partial charge in [0.15, 0.2) is 0 Å². The van der Waals surface area contributed by atoms with Crippen LogP contribution in [-0.2, 0) is 9.59 Å². The van der Waals surface area contributed by atoms with Gasteiger partial charge in [-0.3, -0.25) is 9.59 Å². The van der Waals surface area contributed by atoms with Gasteiger partial charge in [0.05, 0.1) is 18.2 Å². The largest absolute Gasteiger partial charge is 0.507 e. The Hall–Kier alpha value is -3.58. The van der Waals surface area contributed by atoms with Crippen LogP contribution < -0.4 is 9.47 Å². The Morgan fingerprint density at radius 2 is 1.80 bits per heavy atom. The maximum atomic E-state index is 13.2. The molecule has 1 fully saturated rings. The number of benzene rings is 2. The summed E-state index contributed by atoms with van der Waals surface area (Å²) in [5, 5.41) is 11.3. The number of hydrogen-bond donors (Lipinski definition) is 1. The van der Waals surface area contributed by atoms with Crippen LogP contribution in [0.1, 0.15) is 36.1 Å². The van der Waals surface area contributed by atoms with Gasteiger partial charge in [0, 0.05) is 18.7 Å². The fraction of sp³-hybridized carbons (Fsp3) is 0.357. The molecule has 2 aromatic carbocycles. The van der Waals surface area contributed by atoms with E-state index < -0.39 is 17.7 Å². The Kier molecular flexibility index (Phi) is 8.71. The van der Waals surface area contributed by atoms with Gasteiger partial charge < -0.3 is 24.4 Å². The van der Waals surface area contributed by atoms with Crippen molar-refractivity contribution in [2.45, 2.75) is 26.3 Å². The van der Waals surface area contributed by atoms with E-state index in [4.69, 9.17) is 9.47 Å². The summed E-state index contributed by atoms with van der Waals surface area (Å²) in [6.07, 6.45) is 2.54. The number of hydrogen-bond acceptors (Lipinski definition) is 6. The molecule has 0 spiro atoms.